The first-order chi connectivity index (χ1) is 15.3. The number of halogens is 1. The van der Waals surface area contributed by atoms with Crippen molar-refractivity contribution >= 4 is 21.6 Å². The number of carbonyl (C=O) groups is 1. The molecule has 0 saturated carbocycles. The number of benzene rings is 3. The highest BCUT2D eigenvalue weighted by Crippen LogP contribution is 2.26. The number of amides is 1. The van der Waals surface area contributed by atoms with Crippen LogP contribution < -0.4 is 14.4 Å². The largest absolute Gasteiger partial charge is 0.494 e. The number of aryl methyl sites for hydroxylation is 1. The van der Waals surface area contributed by atoms with Crippen LogP contribution in [0.15, 0.2) is 77.7 Å². The zero-order valence-corrected chi connectivity index (χ0v) is 18.7. The van der Waals surface area contributed by atoms with Crippen molar-refractivity contribution in [3.63, 3.8) is 0 Å². The number of ether oxygens (including phenoxy) is 1. The van der Waals surface area contributed by atoms with Gasteiger partial charge in [0.25, 0.3) is 10.0 Å². The van der Waals surface area contributed by atoms with Gasteiger partial charge in [-0.15, -0.1) is 0 Å². The highest BCUT2D eigenvalue weighted by Gasteiger charge is 2.27. The Hall–Kier alpha value is -3.39. The molecule has 0 fully saturated rings. The summed E-state index contributed by atoms with van der Waals surface area (Å²) in [5.41, 5.74) is 2.30. The van der Waals surface area contributed by atoms with E-state index in [9.17, 15) is 17.6 Å². The van der Waals surface area contributed by atoms with Crippen molar-refractivity contribution in [2.75, 3.05) is 17.5 Å². The van der Waals surface area contributed by atoms with Crippen molar-refractivity contribution in [2.24, 2.45) is 0 Å². The number of sulfonamides is 1. The smallest absolute Gasteiger partial charge is 0.264 e. The molecule has 6 nitrogen and oxygen atoms in total. The molecule has 0 saturated heterocycles. The molecule has 1 N–H and O–H groups in total. The summed E-state index contributed by atoms with van der Waals surface area (Å²) in [6.45, 7) is 4.12. The molecule has 1 amide bonds. The Bertz CT molecular complexity index is 1150. The van der Waals surface area contributed by atoms with Gasteiger partial charge in [-0.1, -0.05) is 29.8 Å². The minimum absolute atomic E-state index is 0.112. The maximum atomic E-state index is 13.3. The minimum atomic E-state index is -4.11. The van der Waals surface area contributed by atoms with Crippen LogP contribution in [0.4, 0.5) is 10.1 Å². The summed E-state index contributed by atoms with van der Waals surface area (Å²) < 4.78 is 46.3. The molecular formula is C24H25FN2O4S. The Balaban J connectivity index is 1.84. The third kappa shape index (κ3) is 5.85. The van der Waals surface area contributed by atoms with E-state index in [1.54, 1.807) is 24.3 Å². The van der Waals surface area contributed by atoms with Crippen LogP contribution in [0, 0.1) is 12.7 Å². The van der Waals surface area contributed by atoms with Gasteiger partial charge in [0.15, 0.2) is 0 Å². The van der Waals surface area contributed by atoms with Crippen molar-refractivity contribution in [1.82, 2.24) is 5.32 Å². The first-order valence-corrected chi connectivity index (χ1v) is 11.6. The van der Waals surface area contributed by atoms with Crippen molar-refractivity contribution in [1.29, 1.82) is 0 Å². The molecule has 0 bridgehead atoms. The minimum Gasteiger partial charge on any atom is -0.494 e. The van der Waals surface area contributed by atoms with Gasteiger partial charge in [0, 0.05) is 6.54 Å². The van der Waals surface area contributed by atoms with Crippen molar-refractivity contribution < 1.29 is 22.3 Å². The van der Waals surface area contributed by atoms with Gasteiger partial charge in [-0.3, -0.25) is 9.10 Å². The highest BCUT2D eigenvalue weighted by molar-refractivity contribution is 7.92. The average molecular weight is 457 g/mol. The van der Waals surface area contributed by atoms with Crippen LogP contribution in [-0.4, -0.2) is 27.5 Å². The predicted molar refractivity (Wildman–Crippen MR) is 122 cm³/mol. The lowest BCUT2D eigenvalue weighted by Gasteiger charge is -2.24. The zero-order valence-electron chi connectivity index (χ0n) is 17.9. The lowest BCUT2D eigenvalue weighted by Crippen LogP contribution is -2.40. The van der Waals surface area contributed by atoms with E-state index in [-0.39, 0.29) is 11.4 Å². The van der Waals surface area contributed by atoms with Gasteiger partial charge in [0.05, 0.1) is 17.2 Å². The Morgan fingerprint density at radius 3 is 2.19 bits per heavy atom. The Morgan fingerprint density at radius 1 is 0.969 bits per heavy atom. The third-order valence-electron chi connectivity index (χ3n) is 4.73. The topological polar surface area (TPSA) is 75.7 Å². The van der Waals surface area contributed by atoms with Crippen LogP contribution >= 0.6 is 0 Å². The number of hydrogen-bond donors (Lipinski definition) is 1. The second-order valence-corrected chi connectivity index (χ2v) is 9.02. The quantitative estimate of drug-likeness (QED) is 0.527. The highest BCUT2D eigenvalue weighted by atomic mass is 32.2. The van der Waals surface area contributed by atoms with Gasteiger partial charge in [-0.05, 0) is 67.9 Å². The summed E-state index contributed by atoms with van der Waals surface area (Å²) >= 11 is 0. The average Bonchev–Trinajstić information content (AvgIpc) is 2.78. The molecule has 0 aliphatic rings. The number of nitrogens with one attached hydrogen (secondary N) is 1. The van der Waals surface area contributed by atoms with E-state index in [0.717, 1.165) is 27.6 Å². The lowest BCUT2D eigenvalue weighted by atomic mass is 10.1. The standard InChI is InChI=1S/C24H25FN2O4S/c1-3-31-22-12-10-21(11-13-22)27(32(29,30)23-14-8-20(25)9-15-23)17-24(28)26-16-19-6-4-18(2)5-7-19/h4-15H,3,16-17H2,1-2H3,(H,26,28). The van der Waals surface area contributed by atoms with Gasteiger partial charge in [0.1, 0.15) is 18.1 Å². The molecule has 0 unspecified atom stereocenters. The molecular weight excluding hydrogens is 431 g/mol. The summed E-state index contributed by atoms with van der Waals surface area (Å²) in [5.74, 6) is -0.434. The van der Waals surface area contributed by atoms with E-state index in [4.69, 9.17) is 4.74 Å². The maximum Gasteiger partial charge on any atom is 0.264 e. The molecule has 168 valence electrons. The predicted octanol–water partition coefficient (Wildman–Crippen LogP) is 4.04. The second kappa shape index (κ2) is 10.3. The lowest BCUT2D eigenvalue weighted by molar-refractivity contribution is -0.119. The van der Waals surface area contributed by atoms with E-state index in [2.05, 4.69) is 5.32 Å². The summed E-state index contributed by atoms with van der Waals surface area (Å²) in [6.07, 6.45) is 0. The van der Waals surface area contributed by atoms with Crippen LogP contribution in [0.3, 0.4) is 0 Å². The van der Waals surface area contributed by atoms with Crippen LogP contribution in [0.25, 0.3) is 0 Å². The van der Waals surface area contributed by atoms with E-state index in [1.807, 2.05) is 38.1 Å². The number of hydrogen-bond acceptors (Lipinski definition) is 4. The van der Waals surface area contributed by atoms with Crippen LogP contribution in [0.1, 0.15) is 18.1 Å². The molecule has 0 atom stereocenters. The van der Waals surface area contributed by atoms with E-state index < -0.39 is 28.3 Å². The molecule has 3 rings (SSSR count). The summed E-state index contributed by atoms with van der Waals surface area (Å²) in [5, 5.41) is 2.75. The molecule has 0 aliphatic heterocycles. The van der Waals surface area contributed by atoms with Crippen molar-refractivity contribution in [2.45, 2.75) is 25.3 Å². The fourth-order valence-electron chi connectivity index (χ4n) is 3.02. The van der Waals surface area contributed by atoms with E-state index in [0.29, 0.717) is 18.0 Å². The summed E-state index contributed by atoms with van der Waals surface area (Å²) in [7, 11) is -4.11. The summed E-state index contributed by atoms with van der Waals surface area (Å²) in [4.78, 5) is 12.6. The van der Waals surface area contributed by atoms with Gasteiger partial charge >= 0.3 is 0 Å². The molecule has 0 aromatic heterocycles. The number of rotatable bonds is 9. The van der Waals surface area contributed by atoms with Gasteiger partial charge in [-0.2, -0.15) is 0 Å². The number of anilines is 1. The Morgan fingerprint density at radius 2 is 1.59 bits per heavy atom. The molecule has 3 aromatic carbocycles. The molecule has 0 heterocycles. The summed E-state index contributed by atoms with van der Waals surface area (Å²) in [6, 6.07) is 18.6. The van der Waals surface area contributed by atoms with E-state index in [1.165, 1.54) is 12.1 Å². The fraction of sp³-hybridized carbons (Fsp3) is 0.208. The molecule has 0 radical (unpaired) electrons. The van der Waals surface area contributed by atoms with E-state index >= 15 is 0 Å². The van der Waals surface area contributed by atoms with Crippen molar-refractivity contribution in [3.8, 4) is 5.75 Å². The Kier molecular flexibility index (Phi) is 7.48. The van der Waals surface area contributed by atoms with Gasteiger partial charge in [-0.25, -0.2) is 12.8 Å². The maximum absolute atomic E-state index is 13.3. The number of nitrogens with zero attached hydrogens (tertiary/aromatic N) is 1. The molecule has 32 heavy (non-hydrogen) atoms. The fourth-order valence-corrected chi connectivity index (χ4v) is 4.44. The van der Waals surface area contributed by atoms with Crippen molar-refractivity contribution in [3.05, 3.63) is 89.7 Å². The molecule has 0 spiro atoms. The van der Waals surface area contributed by atoms with Gasteiger partial charge < -0.3 is 10.1 Å². The van der Waals surface area contributed by atoms with Gasteiger partial charge in [0.2, 0.25) is 5.91 Å². The Labute approximate surface area is 187 Å². The molecule has 8 heteroatoms. The van der Waals surface area contributed by atoms with Crippen LogP contribution in [0.5, 0.6) is 5.75 Å². The monoisotopic (exact) mass is 456 g/mol. The normalized spacial score (nSPS) is 11.1. The molecule has 0 aliphatic carbocycles. The van der Waals surface area contributed by atoms with Crippen LogP contribution in [0.2, 0.25) is 0 Å². The SMILES string of the molecule is CCOc1ccc(N(CC(=O)NCc2ccc(C)cc2)S(=O)(=O)c2ccc(F)cc2)cc1. The first kappa shape index (κ1) is 23.3. The number of carbonyl (C=O) groups excluding carboxylic acids is 1. The first-order valence-electron chi connectivity index (χ1n) is 10.1. The van der Waals surface area contributed by atoms with Crippen LogP contribution in [-0.2, 0) is 21.4 Å². The third-order valence-corrected chi connectivity index (χ3v) is 6.52. The zero-order chi connectivity index (χ0) is 23.1. The molecule has 3 aromatic rings. The second-order valence-electron chi connectivity index (χ2n) is 7.15.